The number of nitrogens with two attached hydrogens (primary N) is 1. The van der Waals surface area contributed by atoms with Gasteiger partial charge in [0.25, 0.3) is 0 Å². The van der Waals surface area contributed by atoms with Crippen LogP contribution in [0.5, 0.6) is 0 Å². The highest BCUT2D eigenvalue weighted by Gasteiger charge is 2.62. The molecular formula is C32H41N13O10. The van der Waals surface area contributed by atoms with Crippen molar-refractivity contribution in [3.05, 3.63) is 48.9 Å². The number of carbonyl (C=O) groups excluding carboxylic acids is 4. The van der Waals surface area contributed by atoms with Gasteiger partial charge in [-0.25, -0.2) is 14.0 Å². The second-order valence-corrected chi connectivity index (χ2v) is 14.1. The zero-order valence-corrected chi connectivity index (χ0v) is 30.5. The first-order valence-corrected chi connectivity index (χ1v) is 17.7. The SMILES string of the molecule is Cn1ncc([N+](=O)[O-])c1N1CCC(=O)C(C(C(N)=O)(C2CCN(c3c([N+](=O)[O-])cnn3C)CCC2=O)C2CCN(c3c([N+](=O)[O-])cnn3C)CCC2=O)CC1. The third kappa shape index (κ3) is 6.62. The van der Waals surface area contributed by atoms with Gasteiger partial charge in [0.1, 0.15) is 35.9 Å². The number of nitro groups is 3. The molecule has 3 saturated heterocycles. The number of primary amides is 1. The van der Waals surface area contributed by atoms with Crippen LogP contribution in [0, 0.1) is 53.5 Å². The Labute approximate surface area is 312 Å². The Kier molecular flexibility index (Phi) is 10.4. The number of aryl methyl sites for hydroxylation is 3. The molecule has 0 saturated carbocycles. The van der Waals surface area contributed by atoms with Gasteiger partial charge in [0.15, 0.2) is 0 Å². The number of carbonyl (C=O) groups is 4. The van der Waals surface area contributed by atoms with Crippen LogP contribution in [0.4, 0.5) is 34.5 Å². The smallest absolute Gasteiger partial charge is 0.331 e. The van der Waals surface area contributed by atoms with E-state index in [1.165, 1.54) is 35.2 Å². The van der Waals surface area contributed by atoms with Gasteiger partial charge in [-0.15, -0.1) is 0 Å². The molecule has 6 heterocycles. The van der Waals surface area contributed by atoms with E-state index in [1.807, 2.05) is 0 Å². The second-order valence-electron chi connectivity index (χ2n) is 14.1. The summed E-state index contributed by atoms with van der Waals surface area (Å²) < 4.78 is 3.94. The molecule has 23 nitrogen and oxygen atoms in total. The minimum Gasteiger partial charge on any atom is -0.369 e. The van der Waals surface area contributed by atoms with Crippen molar-refractivity contribution in [2.24, 2.45) is 50.0 Å². The Hall–Kier alpha value is -6.29. The number of ketones is 3. The Bertz CT molecular complexity index is 1850. The van der Waals surface area contributed by atoms with Crippen LogP contribution in [0.25, 0.3) is 0 Å². The van der Waals surface area contributed by atoms with Gasteiger partial charge in [-0.1, -0.05) is 0 Å². The van der Waals surface area contributed by atoms with E-state index in [0.717, 1.165) is 18.6 Å². The van der Waals surface area contributed by atoms with E-state index < -0.39 is 61.2 Å². The molecule has 3 aromatic rings. The fourth-order valence-electron chi connectivity index (χ4n) is 9.07. The fraction of sp³-hybridized carbons (Fsp3) is 0.594. The van der Waals surface area contributed by atoms with E-state index >= 15 is 0 Å². The highest BCUT2D eigenvalue weighted by atomic mass is 16.6. The largest absolute Gasteiger partial charge is 0.369 e. The summed E-state index contributed by atoms with van der Waals surface area (Å²) in [6.45, 7) is 0.0594. The van der Waals surface area contributed by atoms with Crippen molar-refractivity contribution < 1.29 is 33.9 Å². The van der Waals surface area contributed by atoms with Gasteiger partial charge >= 0.3 is 17.1 Å². The molecule has 3 aromatic heterocycles. The molecule has 23 heteroatoms. The van der Waals surface area contributed by atoms with Crippen molar-refractivity contribution in [3.63, 3.8) is 0 Å². The minimum absolute atomic E-state index is 0.00824. The number of Topliss-reactive ketones (excluding diaryl/α,β-unsaturated/α-hetero) is 3. The lowest BCUT2D eigenvalue weighted by molar-refractivity contribution is -0.384. The van der Waals surface area contributed by atoms with Gasteiger partial charge < -0.3 is 20.4 Å². The summed E-state index contributed by atoms with van der Waals surface area (Å²) in [5.74, 6) is -5.87. The Morgan fingerprint density at radius 2 is 0.873 bits per heavy atom. The predicted octanol–water partition coefficient (Wildman–Crippen LogP) is 0.840. The fourth-order valence-corrected chi connectivity index (χ4v) is 9.07. The molecule has 294 valence electrons. The summed E-state index contributed by atoms with van der Waals surface area (Å²) in [4.78, 5) is 96.6. The summed E-state index contributed by atoms with van der Waals surface area (Å²) in [5.41, 5.74) is 3.44. The van der Waals surface area contributed by atoms with Crippen LogP contribution in [-0.2, 0) is 40.3 Å². The van der Waals surface area contributed by atoms with Crippen LogP contribution in [0.1, 0.15) is 38.5 Å². The maximum atomic E-state index is 14.5. The van der Waals surface area contributed by atoms with Crippen molar-refractivity contribution in [1.29, 1.82) is 0 Å². The molecule has 3 fully saturated rings. The summed E-state index contributed by atoms with van der Waals surface area (Å²) in [7, 11) is 4.56. The number of nitrogens with zero attached hydrogens (tertiary/aromatic N) is 12. The van der Waals surface area contributed by atoms with E-state index in [2.05, 4.69) is 15.3 Å². The zero-order chi connectivity index (χ0) is 39.9. The molecule has 0 aliphatic carbocycles. The molecule has 3 aliphatic heterocycles. The van der Waals surface area contributed by atoms with Crippen molar-refractivity contribution in [3.8, 4) is 0 Å². The van der Waals surface area contributed by atoms with Crippen molar-refractivity contribution in [2.75, 3.05) is 54.0 Å². The molecule has 0 aromatic carbocycles. The highest BCUT2D eigenvalue weighted by Crippen LogP contribution is 2.52. The molecule has 2 N–H and O–H groups in total. The molecule has 0 bridgehead atoms. The van der Waals surface area contributed by atoms with Gasteiger partial charge in [-0.05, 0) is 19.3 Å². The highest BCUT2D eigenvalue weighted by molar-refractivity contribution is 6.01. The standard InChI is InChI=1S/C32H41N13O10/c1-37-28(22(16-34-37)43(50)51)40-10-4-19(25(46)7-13-40)32(31(33)49,20-5-11-41(14-8-26(20)47)29-23(44(52)53)17-35-38(29)2)21-6-12-42(15-9-27(21)48)30-24(45(54)55)18-36-39(30)3/h16-21H,4-15H2,1-3H3,(H2,33,49). The van der Waals surface area contributed by atoms with E-state index in [4.69, 9.17) is 5.73 Å². The normalized spacial score (nSPS) is 22.5. The lowest BCUT2D eigenvalue weighted by Gasteiger charge is -2.47. The number of rotatable bonds is 10. The van der Waals surface area contributed by atoms with Crippen molar-refractivity contribution in [1.82, 2.24) is 29.3 Å². The van der Waals surface area contributed by atoms with E-state index in [1.54, 1.807) is 14.7 Å². The molecule has 3 aliphatic rings. The van der Waals surface area contributed by atoms with Crippen LogP contribution < -0.4 is 20.4 Å². The van der Waals surface area contributed by atoms with Crippen molar-refractivity contribution in [2.45, 2.75) is 38.5 Å². The van der Waals surface area contributed by atoms with Crippen LogP contribution in [0.15, 0.2) is 18.6 Å². The third-order valence-corrected chi connectivity index (χ3v) is 11.4. The molecular weight excluding hydrogens is 726 g/mol. The Balaban J connectivity index is 1.44. The number of amides is 1. The second kappa shape index (κ2) is 14.9. The Morgan fingerprint density at radius 3 is 1.11 bits per heavy atom. The van der Waals surface area contributed by atoms with Crippen LogP contribution in [-0.4, -0.2) is 107 Å². The lowest BCUT2D eigenvalue weighted by atomic mass is 9.53. The van der Waals surface area contributed by atoms with Crippen LogP contribution >= 0.6 is 0 Å². The average molecular weight is 768 g/mol. The van der Waals surface area contributed by atoms with Gasteiger partial charge in [0.2, 0.25) is 23.4 Å². The molecule has 55 heavy (non-hydrogen) atoms. The Morgan fingerprint density at radius 1 is 0.600 bits per heavy atom. The number of hydrogen-bond donors (Lipinski definition) is 1. The van der Waals surface area contributed by atoms with Gasteiger partial charge in [-0.2, -0.15) is 15.3 Å². The summed E-state index contributed by atoms with van der Waals surface area (Å²) in [5, 5.41) is 47.8. The average Bonchev–Trinajstić information content (AvgIpc) is 3.70. The van der Waals surface area contributed by atoms with Crippen molar-refractivity contribution >= 4 is 57.8 Å². The topological polar surface area (TPSA) is 287 Å². The summed E-state index contributed by atoms with van der Waals surface area (Å²) in [6.07, 6.45) is 2.36. The predicted molar refractivity (Wildman–Crippen MR) is 191 cm³/mol. The first-order chi connectivity index (χ1) is 26.1. The summed E-state index contributed by atoms with van der Waals surface area (Å²) >= 11 is 0. The van der Waals surface area contributed by atoms with Crippen LogP contribution in [0.3, 0.4) is 0 Å². The molecule has 6 rings (SSSR count). The molecule has 3 atom stereocenters. The zero-order valence-electron chi connectivity index (χ0n) is 30.5. The van der Waals surface area contributed by atoms with Gasteiger partial charge in [0, 0.05) is 97.4 Å². The number of anilines is 3. The molecule has 1 amide bonds. The maximum absolute atomic E-state index is 14.5. The van der Waals surface area contributed by atoms with Gasteiger partial charge in [-0.3, -0.25) is 49.5 Å². The van der Waals surface area contributed by atoms with Gasteiger partial charge in [0.05, 0.1) is 20.2 Å². The van der Waals surface area contributed by atoms with E-state index in [9.17, 15) is 49.5 Å². The van der Waals surface area contributed by atoms with E-state index in [-0.39, 0.29) is 112 Å². The maximum Gasteiger partial charge on any atom is 0.331 e. The number of aromatic nitrogens is 6. The lowest BCUT2D eigenvalue weighted by Crippen LogP contribution is -2.59. The van der Waals surface area contributed by atoms with Crippen LogP contribution in [0.2, 0.25) is 0 Å². The molecule has 0 radical (unpaired) electrons. The first kappa shape index (κ1) is 38.4. The molecule has 3 unspecified atom stereocenters. The quantitative estimate of drug-likeness (QED) is 0.221. The third-order valence-electron chi connectivity index (χ3n) is 11.4. The molecule has 0 spiro atoms. The monoisotopic (exact) mass is 767 g/mol. The number of hydrogen-bond acceptors (Lipinski definition) is 16. The van der Waals surface area contributed by atoms with E-state index in [0.29, 0.717) is 0 Å². The first-order valence-electron chi connectivity index (χ1n) is 17.7. The summed E-state index contributed by atoms with van der Waals surface area (Å²) in [6, 6.07) is 0. The minimum atomic E-state index is -2.09.